The third-order valence-electron chi connectivity index (χ3n) is 6.55. The number of amides is 1. The molecule has 0 bridgehead atoms. The third-order valence-corrected chi connectivity index (χ3v) is 6.55. The zero-order chi connectivity index (χ0) is 21.8. The van der Waals surface area contributed by atoms with Gasteiger partial charge in [0.1, 0.15) is 5.41 Å². The van der Waals surface area contributed by atoms with Gasteiger partial charge >= 0.3 is 0 Å². The molecule has 2 atom stereocenters. The zero-order valence-corrected chi connectivity index (χ0v) is 18.3. The van der Waals surface area contributed by atoms with E-state index in [1.54, 1.807) is 13.8 Å². The largest absolute Gasteiger partial charge is 0.454 e. The minimum atomic E-state index is -1.06. The van der Waals surface area contributed by atoms with Gasteiger partial charge in [-0.3, -0.25) is 4.79 Å². The second-order valence-corrected chi connectivity index (χ2v) is 9.48. The molecular weight excluding hydrogens is 394 g/mol. The summed E-state index contributed by atoms with van der Waals surface area (Å²) in [6.45, 7) is 6.94. The summed E-state index contributed by atoms with van der Waals surface area (Å²) >= 11 is 0. The number of fused-ring (bicyclic) bond motifs is 2. The molecule has 6 nitrogen and oxygen atoms in total. The first-order valence-electron chi connectivity index (χ1n) is 11.0. The molecule has 1 fully saturated rings. The van der Waals surface area contributed by atoms with Crippen LogP contribution in [0.5, 0.6) is 11.5 Å². The summed E-state index contributed by atoms with van der Waals surface area (Å²) in [7, 11) is 0. The number of para-hydroxylation sites is 1. The fourth-order valence-electron chi connectivity index (χ4n) is 5.38. The first kappa shape index (κ1) is 20.3. The highest BCUT2D eigenvalue weighted by molar-refractivity contribution is 6.11. The Morgan fingerprint density at radius 1 is 1.16 bits per heavy atom. The van der Waals surface area contributed by atoms with Crippen molar-refractivity contribution in [2.75, 3.05) is 24.8 Å². The molecule has 1 amide bonds. The van der Waals surface area contributed by atoms with Gasteiger partial charge in [0, 0.05) is 12.3 Å². The van der Waals surface area contributed by atoms with Crippen molar-refractivity contribution in [2.45, 2.75) is 57.2 Å². The van der Waals surface area contributed by atoms with Crippen LogP contribution in [-0.2, 0) is 14.9 Å². The van der Waals surface area contributed by atoms with E-state index in [-0.39, 0.29) is 25.2 Å². The molecule has 0 aliphatic carbocycles. The van der Waals surface area contributed by atoms with Crippen LogP contribution in [0, 0.1) is 6.92 Å². The molecule has 6 heteroatoms. The van der Waals surface area contributed by atoms with Crippen molar-refractivity contribution in [3.8, 4) is 11.5 Å². The highest BCUT2D eigenvalue weighted by Crippen LogP contribution is 2.53. The van der Waals surface area contributed by atoms with E-state index < -0.39 is 11.0 Å². The van der Waals surface area contributed by atoms with Gasteiger partial charge in [0.25, 0.3) is 0 Å². The molecule has 2 aromatic carbocycles. The van der Waals surface area contributed by atoms with Crippen molar-refractivity contribution >= 4 is 11.6 Å². The van der Waals surface area contributed by atoms with Gasteiger partial charge in [-0.05, 0) is 74.9 Å². The maximum absolute atomic E-state index is 14.3. The number of nitrogens with zero attached hydrogens (tertiary/aromatic N) is 1. The number of ether oxygens (including phenoxy) is 3. The number of hydrogen-bond acceptors (Lipinski definition) is 5. The lowest BCUT2D eigenvalue weighted by atomic mass is 9.68. The number of benzene rings is 2. The number of carbonyl (C=O) groups excluding carboxylic acids is 1. The van der Waals surface area contributed by atoms with Crippen LogP contribution in [-0.4, -0.2) is 42.7 Å². The minimum absolute atomic E-state index is 0.0201. The summed E-state index contributed by atoms with van der Waals surface area (Å²) in [5.41, 5.74) is 1.53. The molecule has 3 aliphatic heterocycles. The van der Waals surface area contributed by atoms with Gasteiger partial charge in [-0.15, -0.1) is 0 Å². The van der Waals surface area contributed by atoms with Crippen molar-refractivity contribution in [3.05, 3.63) is 53.1 Å². The Morgan fingerprint density at radius 3 is 2.61 bits per heavy atom. The van der Waals surface area contributed by atoms with Crippen molar-refractivity contribution < 1.29 is 24.1 Å². The van der Waals surface area contributed by atoms with E-state index in [0.29, 0.717) is 18.0 Å². The van der Waals surface area contributed by atoms with E-state index in [1.807, 2.05) is 48.2 Å². The number of aliphatic hydroxyl groups is 1. The Hall–Kier alpha value is -2.57. The smallest absolute Gasteiger partial charge is 0.242 e. The third kappa shape index (κ3) is 3.29. The van der Waals surface area contributed by atoms with Gasteiger partial charge in [0.05, 0.1) is 18.2 Å². The zero-order valence-electron chi connectivity index (χ0n) is 18.3. The molecule has 2 aromatic rings. The van der Waals surface area contributed by atoms with Gasteiger partial charge in [0.15, 0.2) is 11.5 Å². The molecule has 3 heterocycles. The molecule has 3 aliphatic rings. The van der Waals surface area contributed by atoms with Crippen LogP contribution in [0.2, 0.25) is 0 Å². The predicted molar refractivity (Wildman–Crippen MR) is 117 cm³/mol. The van der Waals surface area contributed by atoms with Crippen LogP contribution in [0.4, 0.5) is 5.69 Å². The van der Waals surface area contributed by atoms with E-state index in [1.165, 1.54) is 0 Å². The van der Waals surface area contributed by atoms with E-state index in [2.05, 4.69) is 0 Å². The average molecular weight is 424 g/mol. The van der Waals surface area contributed by atoms with Crippen LogP contribution in [0.3, 0.4) is 0 Å². The van der Waals surface area contributed by atoms with Crippen LogP contribution in [0.15, 0.2) is 36.4 Å². The SMILES string of the molecule is Cc1cc2c(cc1C1(CC(C)(C)O)C(=O)N(CC3CCCO3)c3ccccc31)OCO2. The predicted octanol–water partition coefficient (Wildman–Crippen LogP) is 3.70. The molecule has 0 aromatic heterocycles. The van der Waals surface area contributed by atoms with Crippen molar-refractivity contribution in [1.29, 1.82) is 0 Å². The molecule has 0 saturated carbocycles. The Bertz CT molecular complexity index is 1020. The lowest BCUT2D eigenvalue weighted by molar-refractivity contribution is -0.124. The normalized spacial score (nSPS) is 24.7. The Morgan fingerprint density at radius 2 is 1.90 bits per heavy atom. The van der Waals surface area contributed by atoms with Crippen LogP contribution in [0.25, 0.3) is 0 Å². The molecule has 1 saturated heterocycles. The second-order valence-electron chi connectivity index (χ2n) is 9.48. The molecule has 0 radical (unpaired) electrons. The highest BCUT2D eigenvalue weighted by atomic mass is 16.7. The summed E-state index contributed by atoms with van der Waals surface area (Å²) < 4.78 is 17.1. The number of aryl methyl sites for hydroxylation is 1. The van der Waals surface area contributed by atoms with Gasteiger partial charge in [-0.2, -0.15) is 0 Å². The number of carbonyl (C=O) groups is 1. The Balaban J connectivity index is 1.70. The lowest BCUT2D eigenvalue weighted by Gasteiger charge is -2.36. The van der Waals surface area contributed by atoms with Crippen LogP contribution in [0.1, 0.15) is 49.8 Å². The summed E-state index contributed by atoms with van der Waals surface area (Å²) in [6.07, 6.45) is 2.27. The van der Waals surface area contributed by atoms with Gasteiger partial charge < -0.3 is 24.2 Å². The summed E-state index contributed by atoms with van der Waals surface area (Å²) in [5, 5.41) is 11.0. The Labute approximate surface area is 182 Å². The fourth-order valence-corrected chi connectivity index (χ4v) is 5.38. The topological polar surface area (TPSA) is 68.2 Å². The molecule has 164 valence electrons. The molecule has 5 rings (SSSR count). The van der Waals surface area contributed by atoms with Gasteiger partial charge in [0.2, 0.25) is 12.7 Å². The number of hydrogen-bond donors (Lipinski definition) is 1. The standard InChI is InChI=1S/C25H29NO5/c1-16-11-21-22(31-15-30-21)12-19(16)25(14-24(2,3)28)18-8-4-5-9-20(18)26(23(25)27)13-17-7-6-10-29-17/h4-5,8-9,11-12,17,28H,6-7,10,13-15H2,1-3H3. The van der Waals surface area contributed by atoms with E-state index >= 15 is 0 Å². The van der Waals surface area contributed by atoms with E-state index in [4.69, 9.17) is 14.2 Å². The maximum atomic E-state index is 14.3. The van der Waals surface area contributed by atoms with Crippen LogP contribution < -0.4 is 14.4 Å². The van der Waals surface area contributed by atoms with E-state index in [0.717, 1.165) is 41.8 Å². The summed E-state index contributed by atoms with van der Waals surface area (Å²) in [5.74, 6) is 1.31. The average Bonchev–Trinajstić information content (AvgIpc) is 3.43. The van der Waals surface area contributed by atoms with Crippen LogP contribution >= 0.6 is 0 Å². The van der Waals surface area contributed by atoms with Gasteiger partial charge in [-0.1, -0.05) is 18.2 Å². The Kier molecular flexibility index (Phi) is 4.75. The molecule has 2 unspecified atom stereocenters. The van der Waals surface area contributed by atoms with E-state index in [9.17, 15) is 9.90 Å². The number of anilines is 1. The quantitative estimate of drug-likeness (QED) is 0.794. The van der Waals surface area contributed by atoms with Gasteiger partial charge in [-0.25, -0.2) is 0 Å². The summed E-state index contributed by atoms with van der Waals surface area (Å²) in [4.78, 5) is 16.2. The van der Waals surface area contributed by atoms with Crippen molar-refractivity contribution in [1.82, 2.24) is 0 Å². The number of rotatable bonds is 5. The fraction of sp³-hybridized carbons (Fsp3) is 0.480. The summed E-state index contributed by atoms with van der Waals surface area (Å²) in [6, 6.07) is 11.8. The highest BCUT2D eigenvalue weighted by Gasteiger charge is 2.55. The monoisotopic (exact) mass is 423 g/mol. The molecular formula is C25H29NO5. The first-order valence-corrected chi connectivity index (χ1v) is 11.0. The minimum Gasteiger partial charge on any atom is -0.454 e. The van der Waals surface area contributed by atoms with Crippen molar-refractivity contribution in [2.24, 2.45) is 0 Å². The lowest BCUT2D eigenvalue weighted by Crippen LogP contribution is -2.47. The maximum Gasteiger partial charge on any atom is 0.242 e. The van der Waals surface area contributed by atoms with Crippen molar-refractivity contribution in [3.63, 3.8) is 0 Å². The first-order chi connectivity index (χ1) is 14.8. The second kappa shape index (κ2) is 7.24. The molecule has 31 heavy (non-hydrogen) atoms. The molecule has 1 N–H and O–H groups in total. The molecule has 0 spiro atoms.